The lowest BCUT2D eigenvalue weighted by Gasteiger charge is -2.41. The Labute approximate surface area is 153 Å². The summed E-state index contributed by atoms with van der Waals surface area (Å²) in [5.74, 6) is -0.0802. The highest BCUT2D eigenvalue weighted by atomic mass is 17.2. The first-order valence-corrected chi connectivity index (χ1v) is 9.80. The van der Waals surface area contributed by atoms with E-state index in [9.17, 15) is 4.79 Å². The summed E-state index contributed by atoms with van der Waals surface area (Å²) in [7, 11) is 0. The highest BCUT2D eigenvalue weighted by Crippen LogP contribution is 2.39. The summed E-state index contributed by atoms with van der Waals surface area (Å²) in [6.07, 6.45) is 12.2. The minimum absolute atomic E-state index is 0.000713. The predicted molar refractivity (Wildman–Crippen MR) is 101 cm³/mol. The van der Waals surface area contributed by atoms with E-state index in [1.165, 1.54) is 5.57 Å². The van der Waals surface area contributed by atoms with Crippen LogP contribution in [-0.4, -0.2) is 22.8 Å². The van der Waals surface area contributed by atoms with E-state index in [4.69, 9.17) is 14.9 Å². The van der Waals surface area contributed by atoms with Crippen LogP contribution in [-0.2, 0) is 14.6 Å². The molecule has 4 nitrogen and oxygen atoms in total. The minimum Gasteiger partial charge on any atom is -0.481 e. The standard InChI is InChI=1S/C21H36O4/c1-6-10-11-17(7-2)12-16(5)14-21(9-4)15-18(8-3)19(24-25-21)13-20(22)23/h10-11,14,17-19H,6-9,12-13,15H2,1-5H3,(H,22,23)/b11-10+,16-14+/t17-,18+,19+,21-/m0/s1. The molecular weight excluding hydrogens is 316 g/mol. The van der Waals surface area contributed by atoms with Gasteiger partial charge in [0.15, 0.2) is 0 Å². The second kappa shape index (κ2) is 10.8. The van der Waals surface area contributed by atoms with Crippen LogP contribution in [0.1, 0.15) is 79.6 Å². The fourth-order valence-corrected chi connectivity index (χ4v) is 3.61. The first-order valence-electron chi connectivity index (χ1n) is 9.80. The van der Waals surface area contributed by atoms with E-state index in [-0.39, 0.29) is 18.4 Å². The van der Waals surface area contributed by atoms with Crippen LogP contribution in [0.2, 0.25) is 0 Å². The van der Waals surface area contributed by atoms with E-state index >= 15 is 0 Å². The Balaban J connectivity index is 2.84. The van der Waals surface area contributed by atoms with E-state index in [0.29, 0.717) is 5.92 Å². The molecule has 25 heavy (non-hydrogen) atoms. The summed E-state index contributed by atoms with van der Waals surface area (Å²) in [5, 5.41) is 9.05. The van der Waals surface area contributed by atoms with Gasteiger partial charge in [-0.3, -0.25) is 4.79 Å². The number of hydrogen-bond donors (Lipinski definition) is 1. The molecule has 0 saturated carbocycles. The Kier molecular flexibility index (Phi) is 9.44. The van der Waals surface area contributed by atoms with Crippen LogP contribution in [0.4, 0.5) is 0 Å². The van der Waals surface area contributed by atoms with E-state index in [0.717, 1.165) is 38.5 Å². The molecule has 0 aliphatic carbocycles. The van der Waals surface area contributed by atoms with Gasteiger partial charge in [-0.15, -0.1) is 0 Å². The summed E-state index contributed by atoms with van der Waals surface area (Å²) < 4.78 is 0. The molecule has 1 heterocycles. The Morgan fingerprint density at radius 3 is 2.56 bits per heavy atom. The molecule has 0 unspecified atom stereocenters. The van der Waals surface area contributed by atoms with Crippen LogP contribution >= 0.6 is 0 Å². The van der Waals surface area contributed by atoms with Crippen LogP contribution < -0.4 is 0 Å². The van der Waals surface area contributed by atoms with Crippen molar-refractivity contribution in [2.45, 2.75) is 91.3 Å². The number of carbonyl (C=O) groups is 1. The molecule has 0 bridgehead atoms. The van der Waals surface area contributed by atoms with Gasteiger partial charge in [0, 0.05) is 0 Å². The van der Waals surface area contributed by atoms with Gasteiger partial charge in [-0.25, -0.2) is 9.78 Å². The Morgan fingerprint density at radius 2 is 2.04 bits per heavy atom. The number of aliphatic carboxylic acids is 1. The molecule has 1 rings (SSSR count). The SMILES string of the molecule is CC/C=C/[C@H](CC)C/C(C)=C/[C@@]1(CC)C[C@@H](CC)[C@@H](CC(=O)O)OO1. The molecule has 0 radical (unpaired) electrons. The summed E-state index contributed by atoms with van der Waals surface area (Å²) in [6, 6.07) is 0. The third-order valence-electron chi connectivity index (χ3n) is 5.23. The Hall–Kier alpha value is -1.13. The van der Waals surface area contributed by atoms with E-state index in [1.54, 1.807) is 0 Å². The van der Waals surface area contributed by atoms with Crippen LogP contribution in [0, 0.1) is 11.8 Å². The normalized spacial score (nSPS) is 29.1. The summed E-state index contributed by atoms with van der Waals surface area (Å²) in [5.41, 5.74) is 0.872. The van der Waals surface area contributed by atoms with Crippen molar-refractivity contribution in [2.75, 3.05) is 0 Å². The topological polar surface area (TPSA) is 55.8 Å². The lowest BCUT2D eigenvalue weighted by Crippen LogP contribution is -2.44. The van der Waals surface area contributed by atoms with Gasteiger partial charge in [0.2, 0.25) is 0 Å². The van der Waals surface area contributed by atoms with Gasteiger partial charge in [-0.1, -0.05) is 57.9 Å². The lowest BCUT2D eigenvalue weighted by atomic mass is 9.80. The molecule has 0 aromatic carbocycles. The van der Waals surface area contributed by atoms with Crippen molar-refractivity contribution in [3.05, 3.63) is 23.8 Å². The van der Waals surface area contributed by atoms with Gasteiger partial charge in [0.1, 0.15) is 11.7 Å². The zero-order valence-electron chi connectivity index (χ0n) is 16.6. The number of allylic oxidation sites excluding steroid dienone is 3. The molecule has 0 aromatic rings. The molecule has 1 saturated heterocycles. The number of rotatable bonds is 10. The van der Waals surface area contributed by atoms with Crippen LogP contribution in [0.3, 0.4) is 0 Å². The molecule has 0 spiro atoms. The van der Waals surface area contributed by atoms with Gasteiger partial charge in [-0.2, -0.15) is 0 Å². The Morgan fingerprint density at radius 1 is 1.32 bits per heavy atom. The third-order valence-corrected chi connectivity index (χ3v) is 5.23. The van der Waals surface area contributed by atoms with Crippen molar-refractivity contribution in [3.63, 3.8) is 0 Å². The molecule has 0 amide bonds. The van der Waals surface area contributed by atoms with E-state index < -0.39 is 11.6 Å². The van der Waals surface area contributed by atoms with Gasteiger partial charge in [0.25, 0.3) is 0 Å². The highest BCUT2D eigenvalue weighted by molar-refractivity contribution is 5.67. The van der Waals surface area contributed by atoms with Crippen LogP contribution in [0.25, 0.3) is 0 Å². The molecule has 0 aromatic heterocycles. The number of carboxylic acids is 1. The van der Waals surface area contributed by atoms with Gasteiger partial charge in [0.05, 0.1) is 6.42 Å². The van der Waals surface area contributed by atoms with Gasteiger partial charge in [-0.05, 0) is 50.9 Å². The molecule has 144 valence electrons. The largest absolute Gasteiger partial charge is 0.481 e. The number of carboxylic acid groups (broad SMARTS) is 1. The third kappa shape index (κ3) is 6.95. The smallest absolute Gasteiger partial charge is 0.306 e. The van der Waals surface area contributed by atoms with E-state index in [2.05, 4.69) is 52.8 Å². The maximum absolute atomic E-state index is 11.0. The maximum atomic E-state index is 11.0. The van der Waals surface area contributed by atoms with Crippen molar-refractivity contribution < 1.29 is 19.7 Å². The molecule has 1 N–H and O–H groups in total. The fourth-order valence-electron chi connectivity index (χ4n) is 3.61. The summed E-state index contributed by atoms with van der Waals surface area (Å²) >= 11 is 0. The monoisotopic (exact) mass is 352 g/mol. The molecule has 4 heteroatoms. The van der Waals surface area contributed by atoms with Crippen molar-refractivity contribution in [1.29, 1.82) is 0 Å². The average Bonchev–Trinajstić information content (AvgIpc) is 2.59. The van der Waals surface area contributed by atoms with Crippen LogP contribution in [0.15, 0.2) is 23.8 Å². The van der Waals surface area contributed by atoms with Crippen molar-refractivity contribution in [1.82, 2.24) is 0 Å². The van der Waals surface area contributed by atoms with Crippen molar-refractivity contribution in [3.8, 4) is 0 Å². The highest BCUT2D eigenvalue weighted by Gasteiger charge is 2.41. The fraction of sp³-hybridized carbons (Fsp3) is 0.762. The Bertz CT molecular complexity index is 469. The second-order valence-corrected chi connectivity index (χ2v) is 7.31. The summed E-state index contributed by atoms with van der Waals surface area (Å²) in [6.45, 7) is 10.7. The lowest BCUT2D eigenvalue weighted by molar-refractivity contribution is -0.409. The first-order chi connectivity index (χ1) is 11.9. The molecule has 1 aliphatic heterocycles. The van der Waals surface area contributed by atoms with Gasteiger partial charge < -0.3 is 5.11 Å². The van der Waals surface area contributed by atoms with E-state index in [1.807, 2.05) is 0 Å². The van der Waals surface area contributed by atoms with Crippen molar-refractivity contribution in [2.24, 2.45) is 11.8 Å². The average molecular weight is 353 g/mol. The molecular formula is C21H36O4. The molecule has 1 fully saturated rings. The molecule has 4 atom stereocenters. The maximum Gasteiger partial charge on any atom is 0.306 e. The summed E-state index contributed by atoms with van der Waals surface area (Å²) in [4.78, 5) is 22.4. The number of hydrogen-bond acceptors (Lipinski definition) is 3. The first kappa shape index (κ1) is 21.9. The van der Waals surface area contributed by atoms with Crippen molar-refractivity contribution >= 4 is 5.97 Å². The quantitative estimate of drug-likeness (QED) is 0.405. The predicted octanol–water partition coefficient (Wildman–Crippen LogP) is 5.69. The zero-order chi connectivity index (χ0) is 18.9. The minimum atomic E-state index is -0.837. The zero-order valence-corrected chi connectivity index (χ0v) is 16.6. The van der Waals surface area contributed by atoms with Crippen LogP contribution in [0.5, 0.6) is 0 Å². The second-order valence-electron chi connectivity index (χ2n) is 7.31. The van der Waals surface area contributed by atoms with Gasteiger partial charge >= 0.3 is 5.97 Å². The molecule has 1 aliphatic rings.